The number of hydrogen-bond acceptors (Lipinski definition) is 4. The number of anilines is 2. The predicted molar refractivity (Wildman–Crippen MR) is 74.8 cm³/mol. The van der Waals surface area contributed by atoms with Crippen LogP contribution in [-0.2, 0) is 0 Å². The number of hydrogen-bond donors (Lipinski definition) is 3. The second kappa shape index (κ2) is 5.40. The molecule has 1 aliphatic rings. The Morgan fingerprint density at radius 2 is 1.75 bits per heavy atom. The molecule has 20 heavy (non-hydrogen) atoms. The van der Waals surface area contributed by atoms with Crippen LogP contribution in [0.5, 0.6) is 11.5 Å². The SMILES string of the molecule is O=C(NNc1ccccc1)Nc1ccc2c(c1)OCO2. The van der Waals surface area contributed by atoms with E-state index in [1.807, 2.05) is 30.3 Å². The molecule has 0 aromatic heterocycles. The first kappa shape index (κ1) is 12.2. The van der Waals surface area contributed by atoms with Gasteiger partial charge in [0.15, 0.2) is 11.5 Å². The molecule has 0 fully saturated rings. The van der Waals surface area contributed by atoms with E-state index in [1.54, 1.807) is 18.2 Å². The molecule has 0 saturated heterocycles. The van der Waals surface area contributed by atoms with Crippen LogP contribution in [0.3, 0.4) is 0 Å². The number of rotatable bonds is 3. The van der Waals surface area contributed by atoms with Crippen molar-refractivity contribution in [3.8, 4) is 11.5 Å². The number of benzene rings is 2. The number of ether oxygens (including phenoxy) is 2. The summed E-state index contributed by atoms with van der Waals surface area (Å²) in [6.07, 6.45) is 0. The fraction of sp³-hybridized carbons (Fsp3) is 0.0714. The summed E-state index contributed by atoms with van der Waals surface area (Å²) in [6, 6.07) is 14.2. The first-order valence-corrected chi connectivity index (χ1v) is 6.09. The molecular weight excluding hydrogens is 258 g/mol. The van der Waals surface area contributed by atoms with Gasteiger partial charge in [0.2, 0.25) is 6.79 Å². The number of carbonyl (C=O) groups is 1. The van der Waals surface area contributed by atoms with Gasteiger partial charge >= 0.3 is 6.03 Å². The number of nitrogens with one attached hydrogen (secondary N) is 3. The maximum Gasteiger partial charge on any atom is 0.337 e. The fourth-order valence-electron chi connectivity index (χ4n) is 1.79. The van der Waals surface area contributed by atoms with E-state index in [4.69, 9.17) is 9.47 Å². The maximum absolute atomic E-state index is 11.7. The Labute approximate surface area is 115 Å². The Morgan fingerprint density at radius 3 is 2.60 bits per heavy atom. The number of fused-ring (bicyclic) bond motifs is 1. The van der Waals surface area contributed by atoms with Gasteiger partial charge in [-0.2, -0.15) is 0 Å². The van der Waals surface area contributed by atoms with Crippen molar-refractivity contribution < 1.29 is 14.3 Å². The van der Waals surface area contributed by atoms with E-state index < -0.39 is 0 Å². The third kappa shape index (κ3) is 2.74. The van der Waals surface area contributed by atoms with Crippen molar-refractivity contribution in [2.75, 3.05) is 17.5 Å². The van der Waals surface area contributed by atoms with Crippen LogP contribution in [-0.4, -0.2) is 12.8 Å². The summed E-state index contributed by atoms with van der Waals surface area (Å²) in [5.41, 5.74) is 6.77. The molecule has 3 rings (SSSR count). The van der Waals surface area contributed by atoms with E-state index in [2.05, 4.69) is 16.2 Å². The minimum Gasteiger partial charge on any atom is -0.454 e. The lowest BCUT2D eigenvalue weighted by molar-refractivity contribution is 0.174. The molecular formula is C14H13N3O3. The minimum atomic E-state index is -0.368. The average Bonchev–Trinajstić information content (AvgIpc) is 2.94. The van der Waals surface area contributed by atoms with Crippen LogP contribution < -0.4 is 25.6 Å². The number of amides is 2. The van der Waals surface area contributed by atoms with Gasteiger partial charge in [-0.15, -0.1) is 0 Å². The van der Waals surface area contributed by atoms with Gasteiger partial charge in [0.05, 0.1) is 5.69 Å². The summed E-state index contributed by atoms with van der Waals surface area (Å²) >= 11 is 0. The zero-order valence-corrected chi connectivity index (χ0v) is 10.6. The fourth-order valence-corrected chi connectivity index (χ4v) is 1.79. The van der Waals surface area contributed by atoms with Gasteiger partial charge in [-0.1, -0.05) is 18.2 Å². The third-order valence-corrected chi connectivity index (χ3v) is 2.72. The predicted octanol–water partition coefficient (Wildman–Crippen LogP) is 2.56. The quantitative estimate of drug-likeness (QED) is 0.750. The normalized spacial score (nSPS) is 11.8. The highest BCUT2D eigenvalue weighted by Crippen LogP contribution is 2.34. The van der Waals surface area contributed by atoms with Crippen molar-refractivity contribution in [2.45, 2.75) is 0 Å². The molecule has 6 nitrogen and oxygen atoms in total. The van der Waals surface area contributed by atoms with E-state index in [9.17, 15) is 4.79 Å². The monoisotopic (exact) mass is 271 g/mol. The van der Waals surface area contributed by atoms with E-state index in [0.29, 0.717) is 17.2 Å². The Bertz CT molecular complexity index is 616. The van der Waals surface area contributed by atoms with Crippen LogP contribution in [0.2, 0.25) is 0 Å². The summed E-state index contributed by atoms with van der Waals surface area (Å²) in [4.78, 5) is 11.7. The largest absolute Gasteiger partial charge is 0.454 e. The van der Waals surface area contributed by atoms with Crippen molar-refractivity contribution in [1.29, 1.82) is 0 Å². The summed E-state index contributed by atoms with van der Waals surface area (Å²) in [5, 5.41) is 2.69. The van der Waals surface area contributed by atoms with Gasteiger partial charge in [0.25, 0.3) is 0 Å². The lowest BCUT2D eigenvalue weighted by Crippen LogP contribution is -2.33. The average molecular weight is 271 g/mol. The summed E-state index contributed by atoms with van der Waals surface area (Å²) in [7, 11) is 0. The second-order valence-electron chi connectivity index (χ2n) is 4.14. The van der Waals surface area contributed by atoms with Crippen molar-refractivity contribution in [3.63, 3.8) is 0 Å². The number of urea groups is 1. The van der Waals surface area contributed by atoms with Crippen LogP contribution >= 0.6 is 0 Å². The van der Waals surface area contributed by atoms with E-state index >= 15 is 0 Å². The van der Waals surface area contributed by atoms with Crippen LogP contribution in [0.25, 0.3) is 0 Å². The first-order chi connectivity index (χ1) is 9.81. The van der Waals surface area contributed by atoms with Crippen LogP contribution in [0.4, 0.5) is 16.2 Å². The first-order valence-electron chi connectivity index (χ1n) is 6.09. The lowest BCUT2D eigenvalue weighted by Gasteiger charge is -2.10. The molecule has 0 unspecified atom stereocenters. The molecule has 1 aliphatic heterocycles. The lowest BCUT2D eigenvalue weighted by atomic mass is 10.3. The van der Waals surface area contributed by atoms with Gasteiger partial charge in [0.1, 0.15) is 0 Å². The molecule has 2 aromatic carbocycles. The Hall–Kier alpha value is -2.89. The molecule has 0 saturated carbocycles. The van der Waals surface area contributed by atoms with Gasteiger partial charge < -0.3 is 14.8 Å². The smallest absolute Gasteiger partial charge is 0.337 e. The summed E-state index contributed by atoms with van der Waals surface area (Å²) in [6.45, 7) is 0.209. The molecule has 3 N–H and O–H groups in total. The number of para-hydroxylation sites is 1. The number of hydrazine groups is 1. The molecule has 6 heteroatoms. The molecule has 102 valence electrons. The van der Waals surface area contributed by atoms with E-state index in [-0.39, 0.29) is 12.8 Å². The minimum absolute atomic E-state index is 0.209. The summed E-state index contributed by atoms with van der Waals surface area (Å²) < 4.78 is 10.4. The zero-order chi connectivity index (χ0) is 13.8. The Morgan fingerprint density at radius 1 is 0.950 bits per heavy atom. The molecule has 0 bridgehead atoms. The van der Waals surface area contributed by atoms with Crippen LogP contribution in [0.1, 0.15) is 0 Å². The molecule has 0 atom stereocenters. The summed E-state index contributed by atoms with van der Waals surface area (Å²) in [5.74, 6) is 1.30. The van der Waals surface area contributed by atoms with Crippen LogP contribution in [0, 0.1) is 0 Å². The van der Waals surface area contributed by atoms with Gasteiger partial charge in [-0.3, -0.25) is 10.9 Å². The molecule has 0 radical (unpaired) electrons. The van der Waals surface area contributed by atoms with Crippen molar-refractivity contribution in [1.82, 2.24) is 5.43 Å². The maximum atomic E-state index is 11.7. The topological polar surface area (TPSA) is 71.6 Å². The molecule has 2 amide bonds. The number of carbonyl (C=O) groups excluding carboxylic acids is 1. The van der Waals surface area contributed by atoms with Crippen molar-refractivity contribution in [3.05, 3.63) is 48.5 Å². The molecule has 2 aromatic rings. The van der Waals surface area contributed by atoms with Gasteiger partial charge in [0, 0.05) is 11.8 Å². The van der Waals surface area contributed by atoms with Gasteiger partial charge in [-0.25, -0.2) is 4.79 Å². The highest BCUT2D eigenvalue weighted by atomic mass is 16.7. The Kier molecular flexibility index (Phi) is 3.28. The van der Waals surface area contributed by atoms with Crippen molar-refractivity contribution in [2.24, 2.45) is 0 Å². The van der Waals surface area contributed by atoms with Crippen LogP contribution in [0.15, 0.2) is 48.5 Å². The second-order valence-corrected chi connectivity index (χ2v) is 4.14. The zero-order valence-electron chi connectivity index (χ0n) is 10.6. The highest BCUT2D eigenvalue weighted by molar-refractivity contribution is 5.90. The standard InChI is InChI=1S/C14H13N3O3/c18-14(17-16-10-4-2-1-3-5-10)15-11-6-7-12-13(8-11)20-9-19-12/h1-8,16H,9H2,(H2,15,17,18). The van der Waals surface area contributed by atoms with E-state index in [0.717, 1.165) is 5.69 Å². The van der Waals surface area contributed by atoms with Crippen molar-refractivity contribution >= 4 is 17.4 Å². The highest BCUT2D eigenvalue weighted by Gasteiger charge is 2.13. The third-order valence-electron chi connectivity index (χ3n) is 2.72. The molecule has 0 spiro atoms. The molecule has 0 aliphatic carbocycles. The van der Waals surface area contributed by atoms with E-state index in [1.165, 1.54) is 0 Å². The Balaban J connectivity index is 1.56. The molecule has 1 heterocycles. The van der Waals surface area contributed by atoms with Gasteiger partial charge in [-0.05, 0) is 24.3 Å².